The molecule has 1 atom stereocenters. The normalized spacial score (nSPS) is 18.3. The second-order valence-corrected chi connectivity index (χ2v) is 2.99. The van der Waals surface area contributed by atoms with Gasteiger partial charge in [0.25, 0.3) is 0 Å². The van der Waals surface area contributed by atoms with Gasteiger partial charge in [-0.2, -0.15) is 0 Å². The zero-order valence-corrected chi connectivity index (χ0v) is 8.25. The number of hydrogen-bond donors (Lipinski definition) is 3. The summed E-state index contributed by atoms with van der Waals surface area (Å²) < 4.78 is 0. The fourth-order valence-corrected chi connectivity index (χ4v) is 0.967. The Morgan fingerprint density at radius 3 is 1.92 bits per heavy atom. The largest absolute Gasteiger partial charge is 0.386 e. The summed E-state index contributed by atoms with van der Waals surface area (Å²) in [5.74, 6) is 0. The molecule has 78 valence electrons. The zero-order valence-electron chi connectivity index (χ0n) is 8.25. The highest BCUT2D eigenvalue weighted by atomic mass is 16.3. The van der Waals surface area contributed by atoms with Crippen LogP contribution in [0.5, 0.6) is 0 Å². The summed E-state index contributed by atoms with van der Waals surface area (Å²) in [5, 5.41) is 14.9. The van der Waals surface area contributed by atoms with E-state index >= 15 is 0 Å². The Balaban J connectivity index is 0.000000223. The van der Waals surface area contributed by atoms with Crippen molar-refractivity contribution in [2.24, 2.45) is 0 Å². The molecule has 13 heavy (non-hydrogen) atoms. The Labute approximate surface area is 79.7 Å². The lowest BCUT2D eigenvalue weighted by Gasteiger charge is -2.11. The van der Waals surface area contributed by atoms with Gasteiger partial charge in [0, 0.05) is 26.2 Å². The first-order valence-corrected chi connectivity index (χ1v) is 4.86. The van der Waals surface area contributed by atoms with E-state index in [9.17, 15) is 4.79 Å². The summed E-state index contributed by atoms with van der Waals surface area (Å²) in [4.78, 5) is 9.64. The summed E-state index contributed by atoms with van der Waals surface area (Å²) in [7, 11) is 0. The van der Waals surface area contributed by atoms with Gasteiger partial charge in [-0.05, 0) is 6.42 Å². The minimum Gasteiger partial charge on any atom is -0.386 e. The van der Waals surface area contributed by atoms with E-state index in [2.05, 4.69) is 10.6 Å². The first-order valence-electron chi connectivity index (χ1n) is 4.86. The van der Waals surface area contributed by atoms with Crippen LogP contribution in [0.25, 0.3) is 0 Å². The van der Waals surface area contributed by atoms with Crippen LogP contribution in [0.15, 0.2) is 0 Å². The molecule has 0 aromatic heterocycles. The van der Waals surface area contributed by atoms with Crippen molar-refractivity contribution in [3.8, 4) is 0 Å². The van der Waals surface area contributed by atoms with Gasteiger partial charge in [-0.15, -0.1) is 0 Å². The number of rotatable bonds is 3. The number of carbonyl (C=O) groups is 1. The third-order valence-electron chi connectivity index (χ3n) is 1.70. The minimum absolute atomic E-state index is 0.559. The molecular formula is C9H20N2O2. The molecule has 1 fully saturated rings. The Morgan fingerprint density at radius 1 is 1.31 bits per heavy atom. The lowest BCUT2D eigenvalue weighted by molar-refractivity contribution is -0.115. The predicted octanol–water partition coefficient (Wildman–Crippen LogP) is -0.474. The molecule has 1 saturated heterocycles. The Hall–Kier alpha value is -0.450. The van der Waals surface area contributed by atoms with Gasteiger partial charge >= 0.3 is 0 Å². The van der Waals surface area contributed by atoms with Gasteiger partial charge in [0.05, 0.1) is 0 Å². The summed E-state index contributed by atoms with van der Waals surface area (Å²) >= 11 is 0. The molecule has 1 unspecified atom stereocenters. The molecule has 0 bridgehead atoms. The molecule has 1 aliphatic rings. The van der Waals surface area contributed by atoms with E-state index in [4.69, 9.17) is 5.11 Å². The second kappa shape index (κ2) is 9.64. The summed E-state index contributed by atoms with van der Waals surface area (Å²) in [5.41, 5.74) is 0. The number of aldehydes is 1. The highest BCUT2D eigenvalue weighted by Crippen LogP contribution is 1.89. The number of hydrogen-bond acceptors (Lipinski definition) is 4. The van der Waals surface area contributed by atoms with Crippen molar-refractivity contribution in [3.63, 3.8) is 0 Å². The Morgan fingerprint density at radius 2 is 1.77 bits per heavy atom. The first kappa shape index (κ1) is 12.6. The maximum Gasteiger partial charge on any atom is 0.148 e. The number of carbonyl (C=O) groups excluding carboxylic acids is 1. The van der Waals surface area contributed by atoms with Crippen molar-refractivity contribution in [1.29, 1.82) is 0 Å². The van der Waals surface area contributed by atoms with Crippen molar-refractivity contribution >= 4 is 6.29 Å². The monoisotopic (exact) mass is 188 g/mol. The highest BCUT2D eigenvalue weighted by Gasteiger charge is 1.95. The number of aliphatic hydroxyl groups excluding tert-OH is 1. The molecule has 0 radical (unpaired) electrons. The third kappa shape index (κ3) is 9.46. The molecular weight excluding hydrogens is 168 g/mol. The average Bonchev–Trinajstić information content (AvgIpc) is 2.22. The molecule has 0 spiro atoms. The van der Waals surface area contributed by atoms with Crippen LogP contribution in [-0.2, 0) is 4.79 Å². The fourth-order valence-electron chi connectivity index (χ4n) is 0.967. The minimum atomic E-state index is -0.731. The summed E-state index contributed by atoms with van der Waals surface area (Å²) in [6.07, 6.45) is 1.28. The summed E-state index contributed by atoms with van der Waals surface area (Å²) in [6, 6.07) is 0. The molecule has 3 N–H and O–H groups in total. The van der Waals surface area contributed by atoms with Crippen LogP contribution in [0.2, 0.25) is 0 Å². The predicted molar refractivity (Wildman–Crippen MR) is 52.7 cm³/mol. The van der Waals surface area contributed by atoms with Crippen LogP contribution >= 0.6 is 0 Å². The van der Waals surface area contributed by atoms with Crippen molar-refractivity contribution in [2.45, 2.75) is 25.9 Å². The molecule has 4 nitrogen and oxygen atoms in total. The standard InChI is InChI=1S/C5H10O2.C4H10N2/c1-2-3-5(7)4-6;1-2-6-4-3-5-1/h4-5,7H,2-3H2,1H3;5-6H,1-4H2. The molecule has 4 heteroatoms. The molecule has 1 heterocycles. The van der Waals surface area contributed by atoms with Crippen LogP contribution in [0.3, 0.4) is 0 Å². The molecule has 0 aromatic rings. The van der Waals surface area contributed by atoms with Gasteiger partial charge in [0.15, 0.2) is 0 Å². The van der Waals surface area contributed by atoms with Crippen LogP contribution in [0.1, 0.15) is 19.8 Å². The van der Waals surface area contributed by atoms with Gasteiger partial charge < -0.3 is 20.5 Å². The average molecular weight is 188 g/mol. The van der Waals surface area contributed by atoms with E-state index in [0.717, 1.165) is 32.6 Å². The molecule has 0 aromatic carbocycles. The molecule has 0 aliphatic carbocycles. The van der Waals surface area contributed by atoms with E-state index in [1.165, 1.54) is 0 Å². The maximum absolute atomic E-state index is 9.64. The van der Waals surface area contributed by atoms with Crippen molar-refractivity contribution in [3.05, 3.63) is 0 Å². The zero-order chi connectivity index (χ0) is 9.94. The number of piperazine rings is 1. The van der Waals surface area contributed by atoms with E-state index in [0.29, 0.717) is 12.7 Å². The number of nitrogens with one attached hydrogen (secondary N) is 2. The lowest BCUT2D eigenvalue weighted by atomic mass is 10.2. The maximum atomic E-state index is 9.64. The second-order valence-electron chi connectivity index (χ2n) is 2.99. The highest BCUT2D eigenvalue weighted by molar-refractivity contribution is 5.55. The van der Waals surface area contributed by atoms with Gasteiger partial charge in [0.2, 0.25) is 0 Å². The van der Waals surface area contributed by atoms with Crippen LogP contribution < -0.4 is 10.6 Å². The first-order chi connectivity index (χ1) is 6.31. The van der Waals surface area contributed by atoms with Crippen LogP contribution in [0.4, 0.5) is 0 Å². The Bertz CT molecular complexity index is 105. The van der Waals surface area contributed by atoms with Crippen molar-refractivity contribution in [2.75, 3.05) is 26.2 Å². The molecule has 1 aliphatic heterocycles. The van der Waals surface area contributed by atoms with E-state index < -0.39 is 6.10 Å². The van der Waals surface area contributed by atoms with Crippen LogP contribution in [0, 0.1) is 0 Å². The summed E-state index contributed by atoms with van der Waals surface area (Å²) in [6.45, 7) is 6.48. The quantitative estimate of drug-likeness (QED) is 0.524. The third-order valence-corrected chi connectivity index (χ3v) is 1.70. The van der Waals surface area contributed by atoms with E-state index in [1.54, 1.807) is 0 Å². The SMILES string of the molecule is C1CNCCN1.CCCC(O)C=O. The smallest absolute Gasteiger partial charge is 0.148 e. The van der Waals surface area contributed by atoms with E-state index in [1.807, 2.05) is 6.92 Å². The fraction of sp³-hybridized carbons (Fsp3) is 0.889. The molecule has 0 amide bonds. The van der Waals surface area contributed by atoms with Gasteiger partial charge in [-0.1, -0.05) is 13.3 Å². The van der Waals surface area contributed by atoms with Gasteiger partial charge in [0.1, 0.15) is 12.4 Å². The molecule has 1 rings (SSSR count). The van der Waals surface area contributed by atoms with Gasteiger partial charge in [-0.3, -0.25) is 0 Å². The molecule has 0 saturated carbocycles. The number of aliphatic hydroxyl groups is 1. The van der Waals surface area contributed by atoms with Crippen molar-refractivity contribution < 1.29 is 9.90 Å². The topological polar surface area (TPSA) is 61.4 Å². The Kier molecular flexibility index (Phi) is 9.30. The van der Waals surface area contributed by atoms with Gasteiger partial charge in [-0.25, -0.2) is 0 Å². The van der Waals surface area contributed by atoms with E-state index in [-0.39, 0.29) is 0 Å². The van der Waals surface area contributed by atoms with Crippen molar-refractivity contribution in [1.82, 2.24) is 10.6 Å². The lowest BCUT2D eigenvalue weighted by Crippen LogP contribution is -2.39. The van der Waals surface area contributed by atoms with Crippen LogP contribution in [-0.4, -0.2) is 43.7 Å².